The third-order valence-corrected chi connectivity index (χ3v) is 6.30. The summed E-state index contributed by atoms with van der Waals surface area (Å²) in [5.41, 5.74) is 0. The number of piperidine rings is 1. The third kappa shape index (κ3) is 2.86. The summed E-state index contributed by atoms with van der Waals surface area (Å²) in [6.45, 7) is 3.50. The number of nitrogens with zero attached hydrogens (tertiary/aromatic N) is 2. The number of hydrogen-bond donors (Lipinski definition) is 1. The Kier molecular flexibility index (Phi) is 3.69. The third-order valence-electron chi connectivity index (χ3n) is 5.25. The molecule has 2 heterocycles. The van der Waals surface area contributed by atoms with Gasteiger partial charge in [-0.3, -0.25) is 0 Å². The van der Waals surface area contributed by atoms with Crippen LogP contribution in [0, 0.1) is 11.8 Å². The molecule has 110 valence electrons. The van der Waals surface area contributed by atoms with Gasteiger partial charge in [0.05, 0.1) is 0 Å². The largest absolute Gasteiger partial charge is 0.348 e. The maximum absolute atomic E-state index is 4.68. The van der Waals surface area contributed by atoms with Gasteiger partial charge >= 0.3 is 0 Å². The molecule has 0 radical (unpaired) electrons. The molecule has 4 rings (SSSR count). The van der Waals surface area contributed by atoms with Gasteiger partial charge in [0.1, 0.15) is 0 Å². The lowest BCUT2D eigenvalue weighted by Gasteiger charge is -2.41. The molecule has 1 N–H and O–H groups in total. The Morgan fingerprint density at radius 1 is 1.15 bits per heavy atom. The molecule has 4 heteroatoms. The molecule has 3 aliphatic rings. The highest BCUT2D eigenvalue weighted by atomic mass is 32.1. The van der Waals surface area contributed by atoms with E-state index in [1.807, 2.05) is 11.3 Å². The van der Waals surface area contributed by atoms with Gasteiger partial charge in [0.15, 0.2) is 5.13 Å². The van der Waals surface area contributed by atoms with Crippen LogP contribution in [0.5, 0.6) is 0 Å². The lowest BCUT2D eigenvalue weighted by atomic mass is 9.75. The van der Waals surface area contributed by atoms with Crippen molar-refractivity contribution < 1.29 is 0 Å². The van der Waals surface area contributed by atoms with Gasteiger partial charge < -0.3 is 10.2 Å². The molecule has 2 aliphatic carbocycles. The number of aromatic nitrogens is 1. The van der Waals surface area contributed by atoms with Crippen molar-refractivity contribution in [3.63, 3.8) is 0 Å². The quantitative estimate of drug-likeness (QED) is 0.921. The fourth-order valence-corrected chi connectivity index (χ4v) is 4.73. The monoisotopic (exact) mass is 291 g/mol. The summed E-state index contributed by atoms with van der Waals surface area (Å²) in [7, 11) is 0. The molecule has 1 aromatic heterocycles. The molecule has 0 amide bonds. The molecule has 0 aromatic carbocycles. The van der Waals surface area contributed by atoms with E-state index in [4.69, 9.17) is 0 Å². The van der Waals surface area contributed by atoms with Gasteiger partial charge in [-0.2, -0.15) is 0 Å². The van der Waals surface area contributed by atoms with Gasteiger partial charge in [-0.05, 0) is 37.5 Å². The first kappa shape index (κ1) is 13.1. The van der Waals surface area contributed by atoms with Crippen LogP contribution in [0.15, 0.2) is 6.20 Å². The van der Waals surface area contributed by atoms with Gasteiger partial charge in [0.2, 0.25) is 0 Å². The smallest absolute Gasteiger partial charge is 0.185 e. The van der Waals surface area contributed by atoms with Crippen molar-refractivity contribution in [2.75, 3.05) is 18.0 Å². The fraction of sp³-hybridized carbons (Fsp3) is 0.812. The molecule has 1 aromatic rings. The summed E-state index contributed by atoms with van der Waals surface area (Å²) in [4.78, 5) is 8.63. The zero-order valence-corrected chi connectivity index (χ0v) is 13.0. The van der Waals surface area contributed by atoms with Crippen LogP contribution in [0.25, 0.3) is 0 Å². The summed E-state index contributed by atoms with van der Waals surface area (Å²) in [6.07, 6.45) is 12.0. The van der Waals surface area contributed by atoms with E-state index >= 15 is 0 Å². The van der Waals surface area contributed by atoms with Crippen LogP contribution in [0.3, 0.4) is 0 Å². The van der Waals surface area contributed by atoms with E-state index in [0.29, 0.717) is 0 Å². The molecular weight excluding hydrogens is 266 g/mol. The summed E-state index contributed by atoms with van der Waals surface area (Å²) in [5.74, 6) is 1.95. The normalized spacial score (nSPS) is 30.3. The number of fused-ring (bicyclic) bond motifs is 1. The SMILES string of the molecule is c1nc(N2CCC3CCCCC3C2)sc1CNC1CC1. The molecule has 20 heavy (non-hydrogen) atoms. The highest BCUT2D eigenvalue weighted by molar-refractivity contribution is 7.15. The maximum atomic E-state index is 4.68. The van der Waals surface area contributed by atoms with Crippen molar-refractivity contribution in [3.05, 3.63) is 11.1 Å². The zero-order valence-electron chi connectivity index (χ0n) is 12.2. The van der Waals surface area contributed by atoms with E-state index in [2.05, 4.69) is 21.4 Å². The maximum Gasteiger partial charge on any atom is 0.185 e. The standard InChI is InChI=1S/C16H25N3S/c1-2-4-13-11-19(8-7-12(13)3-1)16-18-10-15(20-16)9-17-14-5-6-14/h10,12-14,17H,1-9,11H2. The Morgan fingerprint density at radius 3 is 2.85 bits per heavy atom. The minimum absolute atomic E-state index is 0.790. The summed E-state index contributed by atoms with van der Waals surface area (Å²) in [5, 5.41) is 4.85. The Hall–Kier alpha value is -0.610. The number of rotatable bonds is 4. The minimum atomic E-state index is 0.790. The molecule has 1 saturated heterocycles. The summed E-state index contributed by atoms with van der Waals surface area (Å²) >= 11 is 1.90. The van der Waals surface area contributed by atoms with Gasteiger partial charge in [0, 0.05) is 36.8 Å². The molecule has 2 atom stereocenters. The molecule has 2 saturated carbocycles. The number of hydrogen-bond acceptors (Lipinski definition) is 4. The predicted molar refractivity (Wildman–Crippen MR) is 84.3 cm³/mol. The van der Waals surface area contributed by atoms with Crippen LogP contribution < -0.4 is 10.2 Å². The lowest BCUT2D eigenvalue weighted by molar-refractivity contribution is 0.202. The van der Waals surface area contributed by atoms with Crippen molar-refractivity contribution in [1.29, 1.82) is 0 Å². The molecule has 3 nitrogen and oxygen atoms in total. The zero-order chi connectivity index (χ0) is 13.4. The average molecular weight is 291 g/mol. The first-order valence-corrected chi connectivity index (χ1v) is 9.13. The van der Waals surface area contributed by atoms with Crippen LogP contribution in [0.4, 0.5) is 5.13 Å². The molecular formula is C16H25N3S. The van der Waals surface area contributed by atoms with Gasteiger partial charge in [-0.15, -0.1) is 11.3 Å². The minimum Gasteiger partial charge on any atom is -0.348 e. The van der Waals surface area contributed by atoms with Crippen molar-refractivity contribution in [3.8, 4) is 0 Å². The van der Waals surface area contributed by atoms with E-state index < -0.39 is 0 Å². The lowest BCUT2D eigenvalue weighted by Crippen LogP contribution is -2.41. The van der Waals surface area contributed by atoms with E-state index in [0.717, 1.165) is 24.4 Å². The molecule has 0 bridgehead atoms. The summed E-state index contributed by atoms with van der Waals surface area (Å²) in [6, 6.07) is 0.790. The van der Waals surface area contributed by atoms with Crippen LogP contribution in [-0.2, 0) is 6.54 Å². The average Bonchev–Trinajstić information content (AvgIpc) is 3.21. The van der Waals surface area contributed by atoms with Crippen LogP contribution in [0.2, 0.25) is 0 Å². The van der Waals surface area contributed by atoms with E-state index in [-0.39, 0.29) is 0 Å². The molecule has 2 unspecified atom stereocenters. The Morgan fingerprint density at radius 2 is 2.00 bits per heavy atom. The van der Waals surface area contributed by atoms with Crippen molar-refractivity contribution >= 4 is 16.5 Å². The second kappa shape index (κ2) is 5.64. The second-order valence-corrected chi connectivity index (χ2v) is 7.90. The number of anilines is 1. The molecule has 0 spiro atoms. The van der Waals surface area contributed by atoms with Crippen molar-refractivity contribution in [2.45, 2.75) is 57.5 Å². The Balaban J connectivity index is 1.37. The Bertz CT molecular complexity index is 454. The van der Waals surface area contributed by atoms with Crippen molar-refractivity contribution in [1.82, 2.24) is 10.3 Å². The van der Waals surface area contributed by atoms with Crippen molar-refractivity contribution in [2.24, 2.45) is 11.8 Å². The number of nitrogens with one attached hydrogen (secondary N) is 1. The van der Waals surface area contributed by atoms with E-state index in [9.17, 15) is 0 Å². The highest BCUT2D eigenvalue weighted by Gasteiger charge is 2.32. The fourth-order valence-electron chi connectivity index (χ4n) is 3.83. The van der Waals surface area contributed by atoms with Crippen LogP contribution in [0.1, 0.15) is 49.8 Å². The first-order valence-electron chi connectivity index (χ1n) is 8.31. The van der Waals surface area contributed by atoms with Crippen LogP contribution >= 0.6 is 11.3 Å². The van der Waals surface area contributed by atoms with E-state index in [1.165, 1.54) is 68.0 Å². The topological polar surface area (TPSA) is 28.2 Å². The Labute approximate surface area is 125 Å². The molecule has 3 fully saturated rings. The number of thiazole rings is 1. The molecule has 1 aliphatic heterocycles. The second-order valence-electron chi connectivity index (χ2n) is 6.80. The predicted octanol–water partition coefficient (Wildman–Crippen LogP) is 3.41. The van der Waals surface area contributed by atoms with Gasteiger partial charge in [0.25, 0.3) is 0 Å². The van der Waals surface area contributed by atoms with E-state index in [1.54, 1.807) is 0 Å². The highest BCUT2D eigenvalue weighted by Crippen LogP contribution is 2.38. The van der Waals surface area contributed by atoms with Gasteiger partial charge in [-0.1, -0.05) is 19.3 Å². The van der Waals surface area contributed by atoms with Gasteiger partial charge in [-0.25, -0.2) is 4.98 Å². The van der Waals surface area contributed by atoms with Crippen LogP contribution in [-0.4, -0.2) is 24.1 Å². The summed E-state index contributed by atoms with van der Waals surface area (Å²) < 4.78 is 0. The first-order chi connectivity index (χ1) is 9.88.